The number of aromatic nitrogens is 1. The molecule has 0 aliphatic carbocycles. The molecule has 0 aliphatic heterocycles. The minimum atomic E-state index is -0.0505. The molecule has 0 amide bonds. The first kappa shape index (κ1) is 18.2. The summed E-state index contributed by atoms with van der Waals surface area (Å²) in [5.74, 6) is 0.611. The van der Waals surface area contributed by atoms with E-state index in [2.05, 4.69) is 49.8 Å². The van der Waals surface area contributed by atoms with Crippen LogP contribution in [0.15, 0.2) is 12.1 Å². The van der Waals surface area contributed by atoms with Crippen molar-refractivity contribution in [2.24, 2.45) is 0 Å². The fraction of sp³-hybridized carbons (Fsp3) is 0.688. The molecule has 0 aromatic carbocycles. The Hall–Kier alpha value is -0.840. The molecule has 1 aromatic rings. The minimum absolute atomic E-state index is 0.0226. The van der Waals surface area contributed by atoms with Crippen molar-refractivity contribution in [3.8, 4) is 5.88 Å². The Morgan fingerprint density at radius 2 is 1.81 bits per heavy atom. The number of halogens is 1. The lowest BCUT2D eigenvalue weighted by molar-refractivity contribution is 0.111. The molecule has 4 nitrogen and oxygen atoms in total. The zero-order valence-electron chi connectivity index (χ0n) is 14.2. The summed E-state index contributed by atoms with van der Waals surface area (Å²) in [5.41, 5.74) is 0.784. The maximum Gasteiger partial charge on any atom is 0.213 e. The number of nitrogens with zero attached hydrogens (tertiary/aromatic N) is 2. The molecule has 0 unspecified atom stereocenters. The van der Waals surface area contributed by atoms with Crippen molar-refractivity contribution in [2.45, 2.75) is 52.2 Å². The van der Waals surface area contributed by atoms with Gasteiger partial charge >= 0.3 is 0 Å². The van der Waals surface area contributed by atoms with Crippen LogP contribution in [-0.2, 0) is 6.54 Å². The summed E-state index contributed by atoms with van der Waals surface area (Å²) in [5, 5.41) is 4.04. The molecule has 5 heteroatoms. The van der Waals surface area contributed by atoms with Crippen molar-refractivity contribution >= 4 is 11.6 Å². The van der Waals surface area contributed by atoms with Gasteiger partial charge in [0, 0.05) is 23.7 Å². The number of rotatable bonds is 6. The Balaban J connectivity index is 2.73. The van der Waals surface area contributed by atoms with Crippen LogP contribution in [-0.4, -0.2) is 41.7 Å². The molecule has 120 valence electrons. The molecule has 1 rings (SSSR count). The van der Waals surface area contributed by atoms with Gasteiger partial charge in [0.15, 0.2) is 0 Å². The second kappa shape index (κ2) is 6.95. The van der Waals surface area contributed by atoms with E-state index in [1.165, 1.54) is 0 Å². The van der Waals surface area contributed by atoms with Gasteiger partial charge in [0.25, 0.3) is 0 Å². The zero-order valence-corrected chi connectivity index (χ0v) is 15.0. The molecule has 0 aliphatic rings. The molecule has 1 heterocycles. The van der Waals surface area contributed by atoms with Gasteiger partial charge in [-0.1, -0.05) is 11.6 Å². The number of pyridine rings is 1. The van der Waals surface area contributed by atoms with Crippen LogP contribution in [0, 0.1) is 0 Å². The van der Waals surface area contributed by atoms with Gasteiger partial charge in [-0.15, -0.1) is 0 Å². The van der Waals surface area contributed by atoms with Crippen LogP contribution in [0.4, 0.5) is 0 Å². The predicted molar refractivity (Wildman–Crippen MR) is 89.1 cm³/mol. The Labute approximate surface area is 133 Å². The SMILES string of the molecule is CN(C)C(C)(C)COc1ccc(Cl)c(CNC(C)(C)C)n1. The van der Waals surface area contributed by atoms with E-state index in [9.17, 15) is 0 Å². The van der Waals surface area contributed by atoms with Crippen molar-refractivity contribution < 1.29 is 4.74 Å². The van der Waals surface area contributed by atoms with Gasteiger partial charge in [-0.2, -0.15) is 0 Å². The van der Waals surface area contributed by atoms with E-state index in [0.29, 0.717) is 24.1 Å². The van der Waals surface area contributed by atoms with Crippen molar-refractivity contribution in [1.82, 2.24) is 15.2 Å². The molecule has 0 atom stereocenters. The first-order chi connectivity index (χ1) is 9.51. The minimum Gasteiger partial charge on any atom is -0.476 e. The number of hydrogen-bond donors (Lipinski definition) is 1. The molecule has 1 N–H and O–H groups in total. The first-order valence-electron chi connectivity index (χ1n) is 7.22. The van der Waals surface area contributed by atoms with E-state index in [-0.39, 0.29) is 11.1 Å². The third-order valence-corrected chi connectivity index (χ3v) is 3.81. The highest BCUT2D eigenvalue weighted by Crippen LogP contribution is 2.20. The zero-order chi connectivity index (χ0) is 16.3. The number of likely N-dealkylation sites (N-methyl/N-ethyl adjacent to an activating group) is 1. The topological polar surface area (TPSA) is 37.4 Å². The van der Waals surface area contributed by atoms with Crippen molar-refractivity contribution in [3.63, 3.8) is 0 Å². The highest BCUT2D eigenvalue weighted by atomic mass is 35.5. The van der Waals surface area contributed by atoms with Gasteiger partial charge in [0.2, 0.25) is 5.88 Å². The van der Waals surface area contributed by atoms with Crippen LogP contribution in [0.5, 0.6) is 5.88 Å². The van der Waals surface area contributed by atoms with Crippen LogP contribution in [0.3, 0.4) is 0 Å². The van der Waals surface area contributed by atoms with Crippen molar-refractivity contribution in [2.75, 3.05) is 20.7 Å². The normalized spacial score (nSPS) is 12.8. The summed E-state index contributed by atoms with van der Waals surface area (Å²) >= 11 is 6.20. The Morgan fingerprint density at radius 1 is 1.19 bits per heavy atom. The van der Waals surface area contributed by atoms with Gasteiger partial charge in [-0.05, 0) is 54.8 Å². The molecular weight excluding hydrogens is 286 g/mol. The summed E-state index contributed by atoms with van der Waals surface area (Å²) in [6, 6.07) is 3.65. The number of hydrogen-bond acceptors (Lipinski definition) is 4. The van der Waals surface area contributed by atoms with Gasteiger partial charge in [-0.3, -0.25) is 0 Å². The van der Waals surface area contributed by atoms with Crippen molar-refractivity contribution in [3.05, 3.63) is 22.8 Å². The lowest BCUT2D eigenvalue weighted by Crippen LogP contribution is -2.43. The van der Waals surface area contributed by atoms with Crippen molar-refractivity contribution in [1.29, 1.82) is 0 Å². The summed E-state index contributed by atoms with van der Waals surface area (Å²) in [7, 11) is 4.08. The van der Waals surface area contributed by atoms with Crippen LogP contribution >= 0.6 is 11.6 Å². The summed E-state index contributed by atoms with van der Waals surface area (Å²) in [4.78, 5) is 6.63. The molecular formula is C16H28ClN3O. The average molecular weight is 314 g/mol. The highest BCUT2D eigenvalue weighted by molar-refractivity contribution is 6.31. The Morgan fingerprint density at radius 3 is 2.33 bits per heavy atom. The standard InChI is InChI=1S/C16H28ClN3O/c1-15(2,3)18-10-13-12(17)8-9-14(19-13)21-11-16(4,5)20(6)7/h8-9,18H,10-11H2,1-7H3. The summed E-state index contributed by atoms with van der Waals surface area (Å²) in [6.07, 6.45) is 0. The van der Waals surface area contributed by atoms with Gasteiger partial charge in [0.05, 0.1) is 10.7 Å². The maximum absolute atomic E-state index is 6.20. The van der Waals surface area contributed by atoms with E-state index in [4.69, 9.17) is 16.3 Å². The molecule has 0 saturated carbocycles. The third kappa shape index (κ3) is 6.20. The Kier molecular flexibility index (Phi) is 6.02. The highest BCUT2D eigenvalue weighted by Gasteiger charge is 2.21. The number of ether oxygens (including phenoxy) is 1. The molecule has 21 heavy (non-hydrogen) atoms. The third-order valence-electron chi connectivity index (χ3n) is 3.46. The van der Waals surface area contributed by atoms with E-state index in [1.807, 2.05) is 26.2 Å². The van der Waals surface area contributed by atoms with Gasteiger partial charge in [0.1, 0.15) is 6.61 Å². The summed E-state index contributed by atoms with van der Waals surface area (Å²) < 4.78 is 5.82. The van der Waals surface area contributed by atoms with Crippen LogP contribution in [0.1, 0.15) is 40.3 Å². The first-order valence-corrected chi connectivity index (χ1v) is 7.60. The van der Waals surface area contributed by atoms with Crippen LogP contribution in [0.25, 0.3) is 0 Å². The van der Waals surface area contributed by atoms with E-state index < -0.39 is 0 Å². The summed E-state index contributed by atoms with van der Waals surface area (Å²) in [6.45, 7) is 11.8. The second-order valence-electron chi connectivity index (χ2n) is 7.18. The molecule has 1 aromatic heterocycles. The van der Waals surface area contributed by atoms with E-state index >= 15 is 0 Å². The molecule has 0 radical (unpaired) electrons. The fourth-order valence-electron chi connectivity index (χ4n) is 1.40. The predicted octanol–water partition coefficient (Wildman–Crippen LogP) is 3.34. The number of nitrogens with one attached hydrogen (secondary N) is 1. The lowest BCUT2D eigenvalue weighted by Gasteiger charge is -2.32. The van der Waals surface area contributed by atoms with E-state index in [1.54, 1.807) is 0 Å². The quantitative estimate of drug-likeness (QED) is 0.874. The monoisotopic (exact) mass is 313 g/mol. The maximum atomic E-state index is 6.20. The van der Waals surface area contributed by atoms with Crippen LogP contribution in [0.2, 0.25) is 5.02 Å². The Bertz CT molecular complexity index is 467. The van der Waals surface area contributed by atoms with Gasteiger partial charge < -0.3 is 15.0 Å². The average Bonchev–Trinajstić information content (AvgIpc) is 2.35. The molecule has 0 bridgehead atoms. The van der Waals surface area contributed by atoms with E-state index in [0.717, 1.165) is 5.69 Å². The largest absolute Gasteiger partial charge is 0.476 e. The van der Waals surface area contributed by atoms with Crippen LogP contribution < -0.4 is 10.1 Å². The fourth-order valence-corrected chi connectivity index (χ4v) is 1.57. The molecule has 0 spiro atoms. The second-order valence-corrected chi connectivity index (χ2v) is 7.58. The smallest absolute Gasteiger partial charge is 0.213 e. The molecule has 0 saturated heterocycles. The lowest BCUT2D eigenvalue weighted by atomic mass is 10.1. The molecule has 0 fully saturated rings. The van der Waals surface area contributed by atoms with Gasteiger partial charge in [-0.25, -0.2) is 4.98 Å².